The molecule has 3 aromatic rings. The van der Waals surface area contributed by atoms with Crippen LogP contribution in [0, 0.1) is 0 Å². The van der Waals surface area contributed by atoms with Crippen LogP contribution in [0.5, 0.6) is 0 Å². The normalized spacial score (nSPS) is 12.0. The SMILES string of the molecule is CCCNC(=O)[C@H](Cc1ccccc1)N(Cc1c(Cl)cccc1Cl)C(=O)CN(c1ccccc1Cl)S(C)(=O)=O. The van der Waals surface area contributed by atoms with Crippen molar-refractivity contribution in [3.8, 4) is 0 Å². The molecular weight excluding hydrogens is 581 g/mol. The Kier molecular flexibility index (Phi) is 11.1. The summed E-state index contributed by atoms with van der Waals surface area (Å²) in [4.78, 5) is 28.9. The smallest absolute Gasteiger partial charge is 0.244 e. The predicted molar refractivity (Wildman–Crippen MR) is 158 cm³/mol. The Hall–Kier alpha value is -2.78. The highest BCUT2D eigenvalue weighted by Crippen LogP contribution is 2.30. The number of hydrogen-bond donors (Lipinski definition) is 1. The van der Waals surface area contributed by atoms with Crippen LogP contribution in [0.3, 0.4) is 0 Å². The molecule has 11 heteroatoms. The molecule has 0 unspecified atom stereocenters. The first-order chi connectivity index (χ1) is 18.5. The summed E-state index contributed by atoms with van der Waals surface area (Å²) < 4.78 is 26.6. The van der Waals surface area contributed by atoms with Crippen molar-refractivity contribution in [3.05, 3.63) is 99.0 Å². The van der Waals surface area contributed by atoms with Gasteiger partial charge in [0, 0.05) is 35.1 Å². The molecule has 0 aliphatic heterocycles. The van der Waals surface area contributed by atoms with Gasteiger partial charge < -0.3 is 10.2 Å². The molecule has 0 saturated carbocycles. The summed E-state index contributed by atoms with van der Waals surface area (Å²) in [6.07, 6.45) is 1.88. The number of para-hydroxylation sites is 1. The quantitative estimate of drug-likeness (QED) is 0.290. The zero-order chi connectivity index (χ0) is 28.6. The number of rotatable bonds is 12. The van der Waals surface area contributed by atoms with Gasteiger partial charge in [0.25, 0.3) is 0 Å². The number of nitrogens with zero attached hydrogens (tertiary/aromatic N) is 2. The third-order valence-electron chi connectivity index (χ3n) is 6.01. The standard InChI is InChI=1S/C28H30Cl3N3O4S/c1-3-16-32-28(36)26(17-20-10-5-4-6-11-20)33(18-21-22(29)13-9-14-23(21)30)27(35)19-34(39(2,37)38)25-15-8-7-12-24(25)31/h4-15,26H,3,16-19H2,1-2H3,(H,32,36)/t26-/m0/s1. The fourth-order valence-electron chi connectivity index (χ4n) is 4.02. The summed E-state index contributed by atoms with van der Waals surface area (Å²) in [5.41, 5.74) is 1.42. The average molecular weight is 611 g/mol. The van der Waals surface area contributed by atoms with Gasteiger partial charge in [0.15, 0.2) is 0 Å². The Balaban J connectivity index is 2.10. The Labute approximate surface area is 244 Å². The lowest BCUT2D eigenvalue weighted by Gasteiger charge is -2.34. The zero-order valence-corrected chi connectivity index (χ0v) is 24.7. The maximum atomic E-state index is 14.0. The number of benzene rings is 3. The van der Waals surface area contributed by atoms with Crippen LogP contribution in [0.2, 0.25) is 15.1 Å². The molecule has 0 aliphatic rings. The average Bonchev–Trinajstić information content (AvgIpc) is 2.89. The second-order valence-electron chi connectivity index (χ2n) is 8.94. The molecule has 1 N–H and O–H groups in total. The van der Waals surface area contributed by atoms with Crippen molar-refractivity contribution in [1.29, 1.82) is 0 Å². The van der Waals surface area contributed by atoms with Gasteiger partial charge in [-0.15, -0.1) is 0 Å². The molecule has 0 saturated heterocycles. The van der Waals surface area contributed by atoms with Crippen LogP contribution in [0.4, 0.5) is 5.69 Å². The number of hydrogen-bond acceptors (Lipinski definition) is 4. The summed E-state index contributed by atoms with van der Waals surface area (Å²) in [5, 5.41) is 3.68. The number of anilines is 1. The molecule has 0 bridgehead atoms. The van der Waals surface area contributed by atoms with E-state index in [0.717, 1.165) is 16.1 Å². The summed E-state index contributed by atoms with van der Waals surface area (Å²) >= 11 is 19.2. The van der Waals surface area contributed by atoms with Crippen molar-refractivity contribution in [2.75, 3.05) is 23.7 Å². The van der Waals surface area contributed by atoms with Crippen molar-refractivity contribution in [2.24, 2.45) is 0 Å². The highest BCUT2D eigenvalue weighted by molar-refractivity contribution is 7.92. The van der Waals surface area contributed by atoms with E-state index in [-0.39, 0.29) is 29.6 Å². The fraction of sp³-hybridized carbons (Fsp3) is 0.286. The van der Waals surface area contributed by atoms with E-state index in [0.29, 0.717) is 28.6 Å². The van der Waals surface area contributed by atoms with Gasteiger partial charge in [-0.05, 0) is 36.2 Å². The van der Waals surface area contributed by atoms with Crippen LogP contribution >= 0.6 is 34.8 Å². The maximum absolute atomic E-state index is 14.0. The second-order valence-corrected chi connectivity index (χ2v) is 12.1. The Morgan fingerprint density at radius 1 is 0.872 bits per heavy atom. The zero-order valence-electron chi connectivity index (χ0n) is 21.6. The molecule has 0 fully saturated rings. The Morgan fingerprint density at radius 3 is 2.05 bits per heavy atom. The van der Waals surface area contributed by atoms with Crippen LogP contribution in [0.1, 0.15) is 24.5 Å². The molecule has 3 aromatic carbocycles. The highest BCUT2D eigenvalue weighted by atomic mass is 35.5. The molecular formula is C28H30Cl3N3O4S. The van der Waals surface area contributed by atoms with Gasteiger partial charge in [0.1, 0.15) is 12.6 Å². The minimum absolute atomic E-state index is 0.117. The van der Waals surface area contributed by atoms with Gasteiger partial charge in [-0.1, -0.05) is 90.3 Å². The molecule has 0 aromatic heterocycles. The summed E-state index contributed by atoms with van der Waals surface area (Å²) in [5.74, 6) is -0.996. The lowest BCUT2D eigenvalue weighted by Crippen LogP contribution is -2.53. The van der Waals surface area contributed by atoms with E-state index in [1.807, 2.05) is 37.3 Å². The van der Waals surface area contributed by atoms with E-state index in [9.17, 15) is 18.0 Å². The van der Waals surface area contributed by atoms with Crippen LogP contribution < -0.4 is 9.62 Å². The van der Waals surface area contributed by atoms with Crippen LogP contribution in [0.15, 0.2) is 72.8 Å². The molecule has 208 valence electrons. The third kappa shape index (κ3) is 8.35. The minimum atomic E-state index is -3.93. The van der Waals surface area contributed by atoms with Crippen LogP contribution in [-0.2, 0) is 32.6 Å². The summed E-state index contributed by atoms with van der Waals surface area (Å²) in [6, 6.07) is 19.6. The summed E-state index contributed by atoms with van der Waals surface area (Å²) in [7, 11) is -3.93. The fourth-order valence-corrected chi connectivity index (χ4v) is 5.69. The number of sulfonamides is 1. The molecule has 39 heavy (non-hydrogen) atoms. The first-order valence-corrected chi connectivity index (χ1v) is 15.3. The largest absolute Gasteiger partial charge is 0.354 e. The van der Waals surface area contributed by atoms with Gasteiger partial charge in [-0.2, -0.15) is 0 Å². The van der Waals surface area contributed by atoms with E-state index in [4.69, 9.17) is 34.8 Å². The monoisotopic (exact) mass is 609 g/mol. The lowest BCUT2D eigenvalue weighted by atomic mass is 10.0. The van der Waals surface area contributed by atoms with Crippen molar-refractivity contribution in [1.82, 2.24) is 10.2 Å². The van der Waals surface area contributed by atoms with Crippen LogP contribution in [0.25, 0.3) is 0 Å². The Morgan fingerprint density at radius 2 is 1.46 bits per heavy atom. The van der Waals surface area contributed by atoms with Gasteiger partial charge in [-0.3, -0.25) is 13.9 Å². The van der Waals surface area contributed by atoms with Crippen molar-refractivity contribution >= 4 is 62.3 Å². The number of carbonyl (C=O) groups is 2. The van der Waals surface area contributed by atoms with E-state index >= 15 is 0 Å². The first kappa shape index (κ1) is 30.8. The third-order valence-corrected chi connectivity index (χ3v) is 8.17. The van der Waals surface area contributed by atoms with E-state index < -0.39 is 28.5 Å². The number of nitrogens with one attached hydrogen (secondary N) is 1. The number of carbonyl (C=O) groups excluding carboxylic acids is 2. The number of halogens is 3. The topological polar surface area (TPSA) is 86.8 Å². The van der Waals surface area contributed by atoms with E-state index in [1.54, 1.807) is 30.3 Å². The predicted octanol–water partition coefficient (Wildman–Crippen LogP) is 5.58. The molecule has 2 amide bonds. The number of amides is 2. The van der Waals surface area contributed by atoms with Gasteiger partial charge >= 0.3 is 0 Å². The van der Waals surface area contributed by atoms with Gasteiger partial charge in [0.2, 0.25) is 21.8 Å². The molecule has 1 atom stereocenters. The molecule has 0 radical (unpaired) electrons. The van der Waals surface area contributed by atoms with Gasteiger partial charge in [0.05, 0.1) is 17.0 Å². The van der Waals surface area contributed by atoms with Crippen molar-refractivity contribution in [3.63, 3.8) is 0 Å². The molecule has 3 rings (SSSR count). The molecule has 0 aliphatic carbocycles. The van der Waals surface area contributed by atoms with E-state index in [1.165, 1.54) is 17.0 Å². The van der Waals surface area contributed by atoms with Crippen molar-refractivity contribution < 1.29 is 18.0 Å². The van der Waals surface area contributed by atoms with Gasteiger partial charge in [-0.25, -0.2) is 8.42 Å². The minimum Gasteiger partial charge on any atom is -0.354 e. The lowest BCUT2D eigenvalue weighted by molar-refractivity contribution is -0.140. The van der Waals surface area contributed by atoms with Crippen molar-refractivity contribution in [2.45, 2.75) is 32.4 Å². The first-order valence-electron chi connectivity index (χ1n) is 12.3. The van der Waals surface area contributed by atoms with Crippen LogP contribution in [-0.4, -0.2) is 50.5 Å². The Bertz CT molecular complexity index is 1380. The summed E-state index contributed by atoms with van der Waals surface area (Å²) in [6.45, 7) is 1.63. The maximum Gasteiger partial charge on any atom is 0.244 e. The molecule has 0 heterocycles. The second kappa shape index (κ2) is 14.0. The molecule has 0 spiro atoms. The highest BCUT2D eigenvalue weighted by Gasteiger charge is 2.34. The molecule has 7 nitrogen and oxygen atoms in total. The van der Waals surface area contributed by atoms with E-state index in [2.05, 4.69) is 5.32 Å².